The first-order chi connectivity index (χ1) is 9.31. The van der Waals surface area contributed by atoms with Gasteiger partial charge in [0.05, 0.1) is 0 Å². The average molecular weight is 267 g/mol. The quantitative estimate of drug-likeness (QED) is 0.229. The van der Waals surface area contributed by atoms with Gasteiger partial charge in [0, 0.05) is 0 Å². The molecule has 0 nitrogen and oxygen atoms in total. The van der Waals surface area contributed by atoms with Crippen LogP contribution in [0.25, 0.3) is 0 Å². The van der Waals surface area contributed by atoms with Crippen molar-refractivity contribution >= 4 is 0 Å². The molecule has 0 heteroatoms. The fourth-order valence-corrected chi connectivity index (χ4v) is 2.63. The Morgan fingerprint density at radius 2 is 1.21 bits per heavy atom. The molecule has 0 fully saturated rings. The van der Waals surface area contributed by atoms with Gasteiger partial charge in [0.15, 0.2) is 0 Å². The topological polar surface area (TPSA) is 0 Å². The number of hydrogen-bond donors (Lipinski definition) is 0. The minimum absolute atomic E-state index is 0.785. The van der Waals surface area contributed by atoms with Crippen molar-refractivity contribution in [2.24, 2.45) is 5.92 Å². The molecule has 0 aromatic rings. The zero-order valence-electron chi connectivity index (χ0n) is 13.9. The molecule has 0 bridgehead atoms. The molecule has 1 unspecified atom stereocenters. The molecule has 0 aliphatic heterocycles. The van der Waals surface area contributed by atoms with Crippen LogP contribution in [0.5, 0.6) is 0 Å². The van der Waals surface area contributed by atoms with E-state index < -0.39 is 0 Å². The van der Waals surface area contributed by atoms with E-state index in [9.17, 15) is 0 Å². The Bertz CT molecular complexity index is 180. The van der Waals surface area contributed by atoms with Crippen LogP contribution in [0.15, 0.2) is 12.2 Å². The molecule has 0 N–H and O–H groups in total. The summed E-state index contributed by atoms with van der Waals surface area (Å²) in [5.74, 6) is 0.785. The second-order valence-electron chi connectivity index (χ2n) is 6.16. The Balaban J connectivity index is 3.10. The van der Waals surface area contributed by atoms with E-state index in [0.29, 0.717) is 0 Å². The van der Waals surface area contributed by atoms with Crippen molar-refractivity contribution < 1.29 is 0 Å². The van der Waals surface area contributed by atoms with E-state index in [4.69, 9.17) is 0 Å². The lowest BCUT2D eigenvalue weighted by Gasteiger charge is -2.03. The Kier molecular flexibility index (Phi) is 15.6. The summed E-state index contributed by atoms with van der Waals surface area (Å²) in [5.41, 5.74) is 0. The average Bonchev–Trinajstić information content (AvgIpc) is 2.40. The third-order valence-electron chi connectivity index (χ3n) is 3.93. The van der Waals surface area contributed by atoms with Crippen molar-refractivity contribution in [1.29, 1.82) is 0 Å². The highest BCUT2D eigenvalue weighted by Crippen LogP contribution is 2.12. The van der Waals surface area contributed by atoms with E-state index in [1.54, 1.807) is 0 Å². The maximum absolute atomic E-state index is 2.41. The van der Waals surface area contributed by atoms with Gasteiger partial charge in [-0.3, -0.25) is 0 Å². The van der Waals surface area contributed by atoms with Crippen LogP contribution >= 0.6 is 0 Å². The molecule has 0 saturated heterocycles. The van der Waals surface area contributed by atoms with Crippen molar-refractivity contribution in [2.75, 3.05) is 0 Å². The van der Waals surface area contributed by atoms with Gasteiger partial charge in [-0.2, -0.15) is 0 Å². The Labute approximate surface area is 123 Å². The van der Waals surface area contributed by atoms with Gasteiger partial charge in [0.2, 0.25) is 0 Å². The summed E-state index contributed by atoms with van der Waals surface area (Å²) >= 11 is 0. The first kappa shape index (κ1) is 18.7. The monoisotopic (exact) mass is 266 g/mol. The van der Waals surface area contributed by atoms with Crippen LogP contribution in [0.1, 0.15) is 104 Å². The van der Waals surface area contributed by atoms with Crippen molar-refractivity contribution in [3.05, 3.63) is 12.2 Å². The summed E-state index contributed by atoms with van der Waals surface area (Å²) in [4.78, 5) is 0. The van der Waals surface area contributed by atoms with E-state index in [1.807, 2.05) is 0 Å². The van der Waals surface area contributed by atoms with Gasteiger partial charge >= 0.3 is 0 Å². The molecule has 0 heterocycles. The summed E-state index contributed by atoms with van der Waals surface area (Å²) in [7, 11) is 0. The van der Waals surface area contributed by atoms with Gasteiger partial charge in [0.1, 0.15) is 0 Å². The molecule has 0 aromatic heterocycles. The lowest BCUT2D eigenvalue weighted by Crippen LogP contribution is -1.87. The van der Waals surface area contributed by atoms with Crippen LogP contribution in [0.2, 0.25) is 0 Å². The van der Waals surface area contributed by atoms with Gasteiger partial charge in [-0.15, -0.1) is 0 Å². The first-order valence-electron chi connectivity index (χ1n) is 8.97. The predicted molar refractivity (Wildman–Crippen MR) is 89.7 cm³/mol. The van der Waals surface area contributed by atoms with Gasteiger partial charge in [-0.25, -0.2) is 0 Å². The first-order valence-corrected chi connectivity index (χ1v) is 8.97. The molecule has 19 heavy (non-hydrogen) atoms. The molecule has 0 amide bonds. The molecular formula is C19H38. The Morgan fingerprint density at radius 1 is 0.684 bits per heavy atom. The Morgan fingerprint density at radius 3 is 1.74 bits per heavy atom. The van der Waals surface area contributed by atoms with Crippen molar-refractivity contribution in [2.45, 2.75) is 104 Å². The zero-order chi connectivity index (χ0) is 14.2. The number of hydrogen-bond acceptors (Lipinski definition) is 0. The smallest absolute Gasteiger partial charge is 0.0262 e. The summed E-state index contributed by atoms with van der Waals surface area (Å²) in [5, 5.41) is 0. The van der Waals surface area contributed by atoms with Crippen molar-refractivity contribution in [3.63, 3.8) is 0 Å². The minimum Gasteiger partial charge on any atom is -0.0883 e. The highest BCUT2D eigenvalue weighted by Gasteiger charge is 1.94. The standard InChI is InChI=1S/C19H38/c1-4-6-7-8-9-10-11-12-13-14-15-16-18-19(3)17-5-2/h16,18-19H,4-15,17H2,1-3H3. The van der Waals surface area contributed by atoms with E-state index in [-0.39, 0.29) is 0 Å². The van der Waals surface area contributed by atoms with Crippen LogP contribution < -0.4 is 0 Å². The third-order valence-corrected chi connectivity index (χ3v) is 3.93. The molecular weight excluding hydrogens is 228 g/mol. The zero-order valence-corrected chi connectivity index (χ0v) is 13.9. The highest BCUT2D eigenvalue weighted by atomic mass is 14.0. The van der Waals surface area contributed by atoms with E-state index in [0.717, 1.165) is 5.92 Å². The van der Waals surface area contributed by atoms with Gasteiger partial charge in [0.25, 0.3) is 0 Å². The van der Waals surface area contributed by atoms with Crippen LogP contribution in [0.4, 0.5) is 0 Å². The van der Waals surface area contributed by atoms with Crippen LogP contribution in [0.3, 0.4) is 0 Å². The Hall–Kier alpha value is -0.260. The van der Waals surface area contributed by atoms with Crippen LogP contribution in [-0.4, -0.2) is 0 Å². The van der Waals surface area contributed by atoms with E-state index in [2.05, 4.69) is 32.9 Å². The van der Waals surface area contributed by atoms with Crippen molar-refractivity contribution in [3.8, 4) is 0 Å². The number of allylic oxidation sites excluding steroid dienone is 2. The molecule has 114 valence electrons. The SMILES string of the molecule is CCCCCCCCCCCCC=CC(C)CCC. The van der Waals surface area contributed by atoms with Gasteiger partial charge in [-0.1, -0.05) is 97.1 Å². The summed E-state index contributed by atoms with van der Waals surface area (Å²) in [6.45, 7) is 6.89. The lowest BCUT2D eigenvalue weighted by atomic mass is 10.0. The molecule has 0 spiro atoms. The molecule has 1 atom stereocenters. The number of unbranched alkanes of at least 4 members (excludes halogenated alkanes) is 10. The highest BCUT2D eigenvalue weighted by molar-refractivity contribution is 4.85. The lowest BCUT2D eigenvalue weighted by molar-refractivity contribution is 0.557. The molecule has 0 radical (unpaired) electrons. The molecule has 0 aliphatic rings. The van der Waals surface area contributed by atoms with Crippen molar-refractivity contribution in [1.82, 2.24) is 0 Å². The largest absolute Gasteiger partial charge is 0.0883 e. The van der Waals surface area contributed by atoms with Crippen LogP contribution in [0, 0.1) is 5.92 Å². The van der Waals surface area contributed by atoms with E-state index >= 15 is 0 Å². The molecule has 0 aliphatic carbocycles. The maximum Gasteiger partial charge on any atom is -0.0262 e. The molecule has 0 aromatic carbocycles. The van der Waals surface area contributed by atoms with E-state index in [1.165, 1.54) is 83.5 Å². The van der Waals surface area contributed by atoms with Gasteiger partial charge in [-0.05, 0) is 25.2 Å². The number of rotatable bonds is 14. The second-order valence-corrected chi connectivity index (χ2v) is 6.16. The second kappa shape index (κ2) is 15.8. The fourth-order valence-electron chi connectivity index (χ4n) is 2.63. The summed E-state index contributed by atoms with van der Waals surface area (Å²) in [6, 6.07) is 0. The summed E-state index contributed by atoms with van der Waals surface area (Å²) in [6.07, 6.45) is 23.2. The minimum atomic E-state index is 0.785. The molecule has 0 rings (SSSR count). The van der Waals surface area contributed by atoms with Gasteiger partial charge < -0.3 is 0 Å². The summed E-state index contributed by atoms with van der Waals surface area (Å²) < 4.78 is 0. The molecule has 0 saturated carbocycles. The van der Waals surface area contributed by atoms with Crippen LogP contribution in [-0.2, 0) is 0 Å². The fraction of sp³-hybridized carbons (Fsp3) is 0.895. The normalized spacial score (nSPS) is 13.2. The maximum atomic E-state index is 2.41. The predicted octanol–water partition coefficient (Wildman–Crippen LogP) is 7.29. The third kappa shape index (κ3) is 15.7.